The average Bonchev–Trinajstić information content (AvgIpc) is 2.09. The van der Waals surface area contributed by atoms with Gasteiger partial charge in [0.1, 0.15) is 0 Å². The Bertz CT molecular complexity index is 326. The molecule has 0 amide bonds. The van der Waals surface area contributed by atoms with Crippen LogP contribution in [0.4, 0.5) is 5.69 Å². The fourth-order valence-electron chi connectivity index (χ4n) is 1.21. The van der Waals surface area contributed by atoms with E-state index < -0.39 is 0 Å². The number of hydrogen-bond donors (Lipinski definition) is 1. The molecule has 84 valence electrons. The summed E-state index contributed by atoms with van der Waals surface area (Å²) in [5.74, 6) is 1.17. The third-order valence-electron chi connectivity index (χ3n) is 2.36. The van der Waals surface area contributed by atoms with Crippen LogP contribution in [0.2, 0.25) is 0 Å². The lowest BCUT2D eigenvalue weighted by molar-refractivity contribution is 0.401. The van der Waals surface area contributed by atoms with Crippen LogP contribution in [0.3, 0.4) is 0 Å². The number of rotatable bonds is 3. The van der Waals surface area contributed by atoms with Gasteiger partial charge in [0.2, 0.25) is 0 Å². The summed E-state index contributed by atoms with van der Waals surface area (Å²) in [7, 11) is 0. The van der Waals surface area contributed by atoms with Gasteiger partial charge in [0.15, 0.2) is 0 Å². The van der Waals surface area contributed by atoms with Gasteiger partial charge in [0.05, 0.1) is 0 Å². The van der Waals surface area contributed by atoms with E-state index in [1.807, 2.05) is 17.8 Å². The number of benzene rings is 1. The minimum absolute atomic E-state index is 0.426. The van der Waals surface area contributed by atoms with Gasteiger partial charge in [-0.05, 0) is 48.3 Å². The number of nitrogen functional groups attached to an aromatic ring is 1. The predicted molar refractivity (Wildman–Crippen MR) is 70.4 cm³/mol. The zero-order valence-corrected chi connectivity index (χ0v) is 10.9. The third-order valence-corrected chi connectivity index (χ3v) is 3.36. The van der Waals surface area contributed by atoms with Gasteiger partial charge in [-0.1, -0.05) is 20.8 Å². The number of thioether (sulfide) groups is 1. The lowest BCUT2D eigenvalue weighted by Crippen LogP contribution is -2.05. The molecule has 0 saturated carbocycles. The van der Waals surface area contributed by atoms with E-state index in [4.69, 9.17) is 5.73 Å². The molecule has 0 aromatic heterocycles. The number of nitrogens with two attached hydrogens (primary N) is 1. The van der Waals surface area contributed by atoms with Crippen LogP contribution in [-0.4, -0.2) is 5.75 Å². The van der Waals surface area contributed by atoms with Crippen LogP contribution in [0, 0.1) is 12.3 Å². The summed E-state index contributed by atoms with van der Waals surface area (Å²) < 4.78 is 0. The molecule has 0 spiro atoms. The van der Waals surface area contributed by atoms with Gasteiger partial charge in [-0.25, -0.2) is 0 Å². The normalized spacial score (nSPS) is 11.7. The first kappa shape index (κ1) is 12.4. The quantitative estimate of drug-likeness (QED) is 0.616. The van der Waals surface area contributed by atoms with Gasteiger partial charge in [0, 0.05) is 10.6 Å². The maximum absolute atomic E-state index is 5.78. The first-order valence-corrected chi connectivity index (χ1v) is 6.36. The van der Waals surface area contributed by atoms with Crippen LogP contribution in [-0.2, 0) is 0 Å². The number of hydrogen-bond acceptors (Lipinski definition) is 2. The van der Waals surface area contributed by atoms with Gasteiger partial charge in [-0.2, -0.15) is 0 Å². The van der Waals surface area contributed by atoms with E-state index in [0.717, 1.165) is 5.69 Å². The molecule has 1 aromatic carbocycles. The second kappa shape index (κ2) is 4.93. The minimum Gasteiger partial charge on any atom is -0.399 e. The van der Waals surface area contributed by atoms with E-state index in [1.165, 1.54) is 22.6 Å². The summed E-state index contributed by atoms with van der Waals surface area (Å²) >= 11 is 1.91. The lowest BCUT2D eigenvalue weighted by Gasteiger charge is -2.17. The molecule has 0 bridgehead atoms. The molecule has 0 saturated heterocycles. The third kappa shape index (κ3) is 4.61. The second-order valence-corrected chi connectivity index (χ2v) is 6.35. The summed E-state index contributed by atoms with van der Waals surface area (Å²) in [6, 6.07) is 6.27. The van der Waals surface area contributed by atoms with Gasteiger partial charge >= 0.3 is 0 Å². The molecule has 1 nitrogen and oxygen atoms in total. The largest absolute Gasteiger partial charge is 0.399 e. The van der Waals surface area contributed by atoms with Crippen molar-refractivity contribution in [2.24, 2.45) is 5.41 Å². The Morgan fingerprint density at radius 3 is 2.47 bits per heavy atom. The molecule has 0 aliphatic heterocycles. The van der Waals surface area contributed by atoms with Crippen molar-refractivity contribution in [3.8, 4) is 0 Å². The Balaban J connectivity index is 2.48. The predicted octanol–water partition coefficient (Wildman–Crippen LogP) is 4.11. The van der Waals surface area contributed by atoms with Crippen molar-refractivity contribution in [1.29, 1.82) is 0 Å². The first-order chi connectivity index (χ1) is 6.88. The molecule has 0 radical (unpaired) electrons. The highest BCUT2D eigenvalue weighted by atomic mass is 32.2. The van der Waals surface area contributed by atoms with E-state index in [2.05, 4.69) is 39.8 Å². The molecule has 1 rings (SSSR count). The zero-order chi connectivity index (χ0) is 11.5. The summed E-state index contributed by atoms with van der Waals surface area (Å²) in [6.07, 6.45) is 1.24. The fraction of sp³-hybridized carbons (Fsp3) is 0.538. The first-order valence-electron chi connectivity index (χ1n) is 5.37. The molecule has 0 unspecified atom stereocenters. The van der Waals surface area contributed by atoms with Crippen LogP contribution >= 0.6 is 11.8 Å². The standard InChI is InChI=1S/C13H21NS/c1-10-9-11(5-6-12(10)14)15-8-7-13(2,3)4/h5-6,9H,7-8,14H2,1-4H3. The number of aryl methyl sites for hydroxylation is 1. The molecule has 1 aromatic rings. The van der Waals surface area contributed by atoms with Crippen molar-refractivity contribution >= 4 is 17.4 Å². The summed E-state index contributed by atoms with van der Waals surface area (Å²) in [4.78, 5) is 1.32. The highest BCUT2D eigenvalue weighted by Crippen LogP contribution is 2.27. The molecule has 0 heterocycles. The van der Waals surface area contributed by atoms with Crippen LogP contribution in [0.15, 0.2) is 23.1 Å². The smallest absolute Gasteiger partial charge is 0.0344 e. The molecule has 0 aliphatic rings. The SMILES string of the molecule is Cc1cc(SCCC(C)(C)C)ccc1N. The molecule has 15 heavy (non-hydrogen) atoms. The molecule has 0 atom stereocenters. The minimum atomic E-state index is 0.426. The summed E-state index contributed by atoms with van der Waals surface area (Å²) in [5.41, 5.74) is 8.26. The van der Waals surface area contributed by atoms with Gasteiger partial charge < -0.3 is 5.73 Å². The van der Waals surface area contributed by atoms with Crippen molar-refractivity contribution in [2.45, 2.75) is 39.0 Å². The van der Waals surface area contributed by atoms with E-state index in [-0.39, 0.29) is 0 Å². The Morgan fingerprint density at radius 2 is 1.93 bits per heavy atom. The highest BCUT2D eigenvalue weighted by Gasteiger charge is 2.09. The molecular weight excluding hydrogens is 202 g/mol. The van der Waals surface area contributed by atoms with Crippen molar-refractivity contribution in [2.75, 3.05) is 11.5 Å². The fourth-order valence-corrected chi connectivity index (χ4v) is 2.59. The molecule has 0 aliphatic carbocycles. The maximum Gasteiger partial charge on any atom is 0.0344 e. The topological polar surface area (TPSA) is 26.0 Å². The van der Waals surface area contributed by atoms with Gasteiger partial charge in [0.25, 0.3) is 0 Å². The van der Waals surface area contributed by atoms with E-state index in [1.54, 1.807) is 0 Å². The Morgan fingerprint density at radius 1 is 1.27 bits per heavy atom. The Hall–Kier alpha value is -0.630. The lowest BCUT2D eigenvalue weighted by atomic mass is 9.94. The van der Waals surface area contributed by atoms with Crippen LogP contribution < -0.4 is 5.73 Å². The second-order valence-electron chi connectivity index (χ2n) is 5.18. The summed E-state index contributed by atoms with van der Waals surface area (Å²) in [6.45, 7) is 8.90. The van der Waals surface area contributed by atoms with Crippen LogP contribution in [0.25, 0.3) is 0 Å². The van der Waals surface area contributed by atoms with Gasteiger partial charge in [-0.15, -0.1) is 11.8 Å². The monoisotopic (exact) mass is 223 g/mol. The van der Waals surface area contributed by atoms with Crippen molar-refractivity contribution < 1.29 is 0 Å². The average molecular weight is 223 g/mol. The molecule has 2 heteroatoms. The van der Waals surface area contributed by atoms with Crippen LogP contribution in [0.1, 0.15) is 32.8 Å². The van der Waals surface area contributed by atoms with E-state index in [9.17, 15) is 0 Å². The maximum atomic E-state index is 5.78. The molecule has 0 fully saturated rings. The zero-order valence-electron chi connectivity index (χ0n) is 10.1. The van der Waals surface area contributed by atoms with Crippen molar-refractivity contribution in [3.05, 3.63) is 23.8 Å². The van der Waals surface area contributed by atoms with Crippen molar-refractivity contribution in [1.82, 2.24) is 0 Å². The van der Waals surface area contributed by atoms with E-state index >= 15 is 0 Å². The van der Waals surface area contributed by atoms with Gasteiger partial charge in [-0.3, -0.25) is 0 Å². The highest BCUT2D eigenvalue weighted by molar-refractivity contribution is 7.99. The molecular formula is C13H21NS. The van der Waals surface area contributed by atoms with E-state index in [0.29, 0.717) is 5.41 Å². The Labute approximate surface area is 97.4 Å². The van der Waals surface area contributed by atoms with Crippen molar-refractivity contribution in [3.63, 3.8) is 0 Å². The number of anilines is 1. The summed E-state index contributed by atoms with van der Waals surface area (Å²) in [5, 5.41) is 0. The Kier molecular flexibility index (Phi) is 4.09. The molecule has 2 N–H and O–H groups in total. The van der Waals surface area contributed by atoms with Crippen LogP contribution in [0.5, 0.6) is 0 Å².